The Bertz CT molecular complexity index is 293. The van der Waals surface area contributed by atoms with Crippen molar-refractivity contribution in [2.75, 3.05) is 19.8 Å². The molecule has 0 saturated carbocycles. The maximum atomic E-state index is 11.2. The molecule has 8 heteroatoms. The number of hydrogen-bond acceptors (Lipinski definition) is 7. The Morgan fingerprint density at radius 2 is 1.53 bits per heavy atom. The summed E-state index contributed by atoms with van der Waals surface area (Å²) in [6.07, 6.45) is 1.89. The molecular formula is C11H19NO7. The molecule has 0 heterocycles. The van der Waals surface area contributed by atoms with Gasteiger partial charge < -0.3 is 14.3 Å². The molecule has 19 heavy (non-hydrogen) atoms. The normalized spacial score (nSPS) is 9.74. The number of carbonyl (C=O) groups excluding carboxylic acids is 2. The van der Waals surface area contributed by atoms with Gasteiger partial charge in [0, 0.05) is 6.42 Å². The predicted octanol–water partition coefficient (Wildman–Crippen LogP) is 1.25. The van der Waals surface area contributed by atoms with Gasteiger partial charge in [0.25, 0.3) is 5.09 Å². The lowest BCUT2D eigenvalue weighted by atomic mass is 10.3. The van der Waals surface area contributed by atoms with Crippen LogP contribution in [0.2, 0.25) is 0 Å². The lowest BCUT2D eigenvalue weighted by Crippen LogP contribution is -2.12. The van der Waals surface area contributed by atoms with Crippen LogP contribution in [0.1, 0.15) is 39.0 Å². The van der Waals surface area contributed by atoms with Crippen LogP contribution in [-0.2, 0) is 23.9 Å². The van der Waals surface area contributed by atoms with Gasteiger partial charge >= 0.3 is 11.9 Å². The number of hydrogen-bond donors (Lipinski definition) is 0. The summed E-state index contributed by atoms with van der Waals surface area (Å²) in [7, 11) is 0. The summed E-state index contributed by atoms with van der Waals surface area (Å²) in [6.45, 7) is 2.24. The van der Waals surface area contributed by atoms with Gasteiger partial charge in [0.05, 0.1) is 32.7 Å². The zero-order valence-corrected chi connectivity index (χ0v) is 11.0. The first-order valence-electron chi connectivity index (χ1n) is 6.14. The van der Waals surface area contributed by atoms with Gasteiger partial charge in [0.15, 0.2) is 0 Å². The Balaban J connectivity index is 3.43. The van der Waals surface area contributed by atoms with Gasteiger partial charge in [-0.25, -0.2) is 0 Å². The topological polar surface area (TPSA) is 105 Å². The quantitative estimate of drug-likeness (QED) is 0.242. The van der Waals surface area contributed by atoms with Crippen molar-refractivity contribution in [1.82, 2.24) is 0 Å². The van der Waals surface area contributed by atoms with Crippen molar-refractivity contribution in [2.24, 2.45) is 0 Å². The van der Waals surface area contributed by atoms with Crippen LogP contribution >= 0.6 is 0 Å². The Labute approximate surface area is 111 Å². The molecule has 0 saturated heterocycles. The second-order valence-corrected chi connectivity index (χ2v) is 3.70. The summed E-state index contributed by atoms with van der Waals surface area (Å²) in [4.78, 5) is 36.2. The molecule has 0 N–H and O–H groups in total. The summed E-state index contributed by atoms with van der Waals surface area (Å²) in [5, 5.41) is 8.90. The van der Waals surface area contributed by atoms with Crippen molar-refractivity contribution in [3.05, 3.63) is 10.1 Å². The molecule has 0 fully saturated rings. The number of unbranched alkanes of at least 4 members (excludes halogenated alkanes) is 1. The van der Waals surface area contributed by atoms with E-state index in [-0.39, 0.29) is 32.5 Å². The summed E-state index contributed by atoms with van der Waals surface area (Å²) >= 11 is 0. The minimum Gasteiger partial charge on any atom is -0.466 e. The van der Waals surface area contributed by atoms with E-state index < -0.39 is 17.0 Å². The van der Waals surface area contributed by atoms with E-state index in [0.717, 1.165) is 12.8 Å². The van der Waals surface area contributed by atoms with E-state index in [1.807, 2.05) is 6.92 Å². The molecule has 0 rings (SSSR count). The van der Waals surface area contributed by atoms with Gasteiger partial charge in [-0.2, -0.15) is 0 Å². The van der Waals surface area contributed by atoms with Gasteiger partial charge in [0.2, 0.25) is 0 Å². The monoisotopic (exact) mass is 277 g/mol. The fourth-order valence-corrected chi connectivity index (χ4v) is 1.06. The molecular weight excluding hydrogens is 258 g/mol. The van der Waals surface area contributed by atoms with Crippen LogP contribution in [0.15, 0.2) is 0 Å². The van der Waals surface area contributed by atoms with Crippen LogP contribution in [0.5, 0.6) is 0 Å². The molecule has 0 aliphatic heterocycles. The highest BCUT2D eigenvalue weighted by Gasteiger charge is 2.08. The van der Waals surface area contributed by atoms with Crippen LogP contribution in [0.25, 0.3) is 0 Å². The molecule has 0 aromatic carbocycles. The van der Waals surface area contributed by atoms with Gasteiger partial charge in [-0.1, -0.05) is 13.3 Å². The highest BCUT2D eigenvalue weighted by Crippen LogP contribution is 1.98. The number of rotatable bonds is 11. The third-order valence-electron chi connectivity index (χ3n) is 2.04. The Morgan fingerprint density at radius 1 is 1.00 bits per heavy atom. The molecule has 8 nitrogen and oxygen atoms in total. The lowest BCUT2D eigenvalue weighted by molar-refractivity contribution is -0.757. The minimum atomic E-state index is -0.909. The Morgan fingerprint density at radius 3 is 2.00 bits per heavy atom. The molecule has 0 aromatic rings. The van der Waals surface area contributed by atoms with E-state index >= 15 is 0 Å². The fraction of sp³-hybridized carbons (Fsp3) is 0.818. The molecule has 0 bridgehead atoms. The Hall–Kier alpha value is -1.86. The molecule has 0 unspecified atom stereocenters. The van der Waals surface area contributed by atoms with Crippen LogP contribution in [0.3, 0.4) is 0 Å². The summed E-state index contributed by atoms with van der Waals surface area (Å²) < 4.78 is 9.61. The Kier molecular flexibility index (Phi) is 10.1. The third-order valence-corrected chi connectivity index (χ3v) is 2.04. The predicted molar refractivity (Wildman–Crippen MR) is 63.6 cm³/mol. The van der Waals surface area contributed by atoms with E-state index in [1.54, 1.807) is 0 Å². The first-order valence-corrected chi connectivity index (χ1v) is 6.14. The van der Waals surface area contributed by atoms with Crippen LogP contribution in [-0.4, -0.2) is 36.8 Å². The summed E-state index contributed by atoms with van der Waals surface area (Å²) in [6, 6.07) is 0. The molecule has 0 aliphatic carbocycles. The van der Waals surface area contributed by atoms with Gasteiger partial charge in [-0.05, 0) is 6.42 Å². The van der Waals surface area contributed by atoms with Crippen molar-refractivity contribution in [3.8, 4) is 0 Å². The van der Waals surface area contributed by atoms with Crippen LogP contribution < -0.4 is 0 Å². The number of carbonyl (C=O) groups is 2. The van der Waals surface area contributed by atoms with Crippen LogP contribution in [0, 0.1) is 10.1 Å². The van der Waals surface area contributed by atoms with E-state index in [1.165, 1.54) is 0 Å². The molecule has 0 amide bonds. The van der Waals surface area contributed by atoms with E-state index in [0.29, 0.717) is 6.61 Å². The standard InChI is InChI=1S/C11H19NO7/c1-2-3-7-17-10(13)5-6-11(14)18-8-4-9-19-12(15)16/h2-9H2,1H3. The highest BCUT2D eigenvalue weighted by atomic mass is 16.9. The lowest BCUT2D eigenvalue weighted by Gasteiger charge is -2.05. The van der Waals surface area contributed by atoms with Gasteiger partial charge in [-0.3, -0.25) is 9.59 Å². The van der Waals surface area contributed by atoms with Crippen LogP contribution in [0.4, 0.5) is 0 Å². The van der Waals surface area contributed by atoms with Gasteiger partial charge in [-0.15, -0.1) is 10.1 Å². The average molecular weight is 277 g/mol. The van der Waals surface area contributed by atoms with Crippen molar-refractivity contribution in [1.29, 1.82) is 0 Å². The van der Waals surface area contributed by atoms with E-state index in [9.17, 15) is 19.7 Å². The number of nitrogens with zero attached hydrogens (tertiary/aromatic N) is 1. The van der Waals surface area contributed by atoms with E-state index in [4.69, 9.17) is 9.47 Å². The first-order chi connectivity index (χ1) is 9.06. The van der Waals surface area contributed by atoms with Crippen molar-refractivity contribution >= 4 is 11.9 Å². The van der Waals surface area contributed by atoms with Crippen molar-refractivity contribution < 1.29 is 29.0 Å². The molecule has 0 atom stereocenters. The summed E-state index contributed by atoms with van der Waals surface area (Å²) in [5.74, 6) is -0.962. The maximum Gasteiger partial charge on any atom is 0.306 e. The molecule has 110 valence electrons. The zero-order valence-electron chi connectivity index (χ0n) is 11.0. The van der Waals surface area contributed by atoms with Crippen molar-refractivity contribution in [2.45, 2.75) is 39.0 Å². The number of ether oxygens (including phenoxy) is 2. The van der Waals surface area contributed by atoms with Crippen molar-refractivity contribution in [3.63, 3.8) is 0 Å². The second-order valence-electron chi connectivity index (χ2n) is 3.70. The summed E-state index contributed by atoms with van der Waals surface area (Å²) in [5.41, 5.74) is 0. The average Bonchev–Trinajstić information content (AvgIpc) is 2.36. The molecule has 0 aliphatic rings. The number of esters is 2. The molecule has 0 aromatic heterocycles. The fourth-order valence-electron chi connectivity index (χ4n) is 1.06. The largest absolute Gasteiger partial charge is 0.466 e. The minimum absolute atomic E-state index is 0.0199. The second kappa shape index (κ2) is 11.2. The first kappa shape index (κ1) is 17.1. The SMILES string of the molecule is CCCCOC(=O)CCC(=O)OCCCO[N+](=O)[O-]. The third kappa shape index (κ3) is 12.4. The molecule has 0 radical (unpaired) electrons. The zero-order chi connectivity index (χ0) is 14.5. The highest BCUT2D eigenvalue weighted by molar-refractivity contribution is 5.77. The maximum absolute atomic E-state index is 11.2. The molecule has 0 spiro atoms. The van der Waals surface area contributed by atoms with E-state index in [2.05, 4.69) is 4.84 Å². The van der Waals surface area contributed by atoms with Gasteiger partial charge in [0.1, 0.15) is 0 Å². The smallest absolute Gasteiger partial charge is 0.306 e.